The molecule has 1 aromatic heterocycles. The van der Waals surface area contributed by atoms with Gasteiger partial charge in [-0.2, -0.15) is 0 Å². The molecule has 2 amide bonds. The lowest BCUT2D eigenvalue weighted by molar-refractivity contribution is -0.119. The van der Waals surface area contributed by atoms with E-state index in [1.54, 1.807) is 35.1 Å². The third kappa shape index (κ3) is 3.78. The molecule has 0 saturated carbocycles. The molecular weight excluding hydrogens is 330 g/mol. The molecule has 0 radical (unpaired) electrons. The molecule has 0 aliphatic carbocycles. The van der Waals surface area contributed by atoms with E-state index in [0.717, 1.165) is 0 Å². The summed E-state index contributed by atoms with van der Waals surface area (Å²) in [5.74, 6) is -3.10. The highest BCUT2D eigenvalue weighted by atomic mass is 19.3. The lowest BCUT2D eigenvalue weighted by Gasteiger charge is -2.46. The molecule has 0 spiro atoms. The van der Waals surface area contributed by atoms with Crippen LogP contribution in [0, 0.1) is 6.92 Å². The van der Waals surface area contributed by atoms with Gasteiger partial charge in [-0.15, -0.1) is 0 Å². The molecule has 2 aliphatic rings. The van der Waals surface area contributed by atoms with Gasteiger partial charge in [0.05, 0.1) is 12.1 Å². The summed E-state index contributed by atoms with van der Waals surface area (Å²) in [5, 5.41) is 2.62. The Labute approximate surface area is 145 Å². The van der Waals surface area contributed by atoms with Crippen LogP contribution in [0.25, 0.3) is 0 Å². The van der Waals surface area contributed by atoms with E-state index in [1.165, 1.54) is 6.92 Å². The summed E-state index contributed by atoms with van der Waals surface area (Å²) in [6.45, 7) is 3.86. The highest BCUT2D eigenvalue weighted by molar-refractivity contribution is 5.95. The van der Waals surface area contributed by atoms with Crippen molar-refractivity contribution in [2.24, 2.45) is 0 Å². The van der Waals surface area contributed by atoms with Gasteiger partial charge in [-0.3, -0.25) is 19.5 Å². The average Bonchev–Trinajstić information content (AvgIpc) is 2.78. The van der Waals surface area contributed by atoms with Gasteiger partial charge in [0.1, 0.15) is 0 Å². The van der Waals surface area contributed by atoms with Crippen molar-refractivity contribution in [2.45, 2.75) is 38.3 Å². The molecule has 3 rings (SSSR count). The maximum Gasteiger partial charge on any atom is 0.262 e. The maximum atomic E-state index is 13.8. The number of nitrogens with one attached hydrogen (secondary N) is 1. The second kappa shape index (κ2) is 6.67. The number of hydrogen-bond acceptors (Lipinski definition) is 4. The molecule has 8 heteroatoms. The van der Waals surface area contributed by atoms with Crippen molar-refractivity contribution in [3.8, 4) is 0 Å². The zero-order valence-corrected chi connectivity index (χ0v) is 14.3. The maximum absolute atomic E-state index is 13.8. The monoisotopic (exact) mass is 352 g/mol. The fourth-order valence-electron chi connectivity index (χ4n) is 3.51. The van der Waals surface area contributed by atoms with Crippen molar-refractivity contribution in [3.63, 3.8) is 0 Å². The van der Waals surface area contributed by atoms with E-state index in [9.17, 15) is 18.4 Å². The highest BCUT2D eigenvalue weighted by Crippen LogP contribution is 2.35. The Kier molecular flexibility index (Phi) is 4.73. The highest BCUT2D eigenvalue weighted by Gasteiger charge is 2.50. The minimum Gasteiger partial charge on any atom is -0.355 e. The van der Waals surface area contributed by atoms with Gasteiger partial charge in [0.25, 0.3) is 11.8 Å². The number of likely N-dealkylation sites (tertiary alicyclic amines) is 2. The van der Waals surface area contributed by atoms with Crippen molar-refractivity contribution in [1.29, 1.82) is 0 Å². The quantitative estimate of drug-likeness (QED) is 0.880. The van der Waals surface area contributed by atoms with E-state index < -0.39 is 12.0 Å². The van der Waals surface area contributed by atoms with E-state index in [-0.39, 0.29) is 37.4 Å². The van der Waals surface area contributed by atoms with Crippen LogP contribution in [0.5, 0.6) is 0 Å². The first-order valence-electron chi connectivity index (χ1n) is 8.36. The lowest BCUT2D eigenvalue weighted by atomic mass is 10.0. The largest absolute Gasteiger partial charge is 0.355 e. The number of nitrogens with zero attached hydrogens (tertiary/aromatic N) is 3. The Balaban J connectivity index is 1.61. The van der Waals surface area contributed by atoms with Crippen molar-refractivity contribution in [1.82, 2.24) is 20.1 Å². The Bertz CT molecular complexity index is 676. The SMILES string of the molecule is CC(=O)NC[C@@H]1CC(F)(F)CN1C1CN(C(=O)c2cccnc2C)C1. The fraction of sp³-hybridized carbons (Fsp3) is 0.588. The van der Waals surface area contributed by atoms with Gasteiger partial charge in [0, 0.05) is 57.0 Å². The number of halogens is 2. The number of aryl methyl sites for hydroxylation is 1. The molecular formula is C17H22F2N4O2. The molecule has 0 aromatic carbocycles. The summed E-state index contributed by atoms with van der Waals surface area (Å²) in [6, 6.07) is 2.93. The number of pyridine rings is 1. The number of amides is 2. The molecule has 136 valence electrons. The van der Waals surface area contributed by atoms with E-state index in [4.69, 9.17) is 0 Å². The van der Waals surface area contributed by atoms with Gasteiger partial charge in [0.2, 0.25) is 5.91 Å². The second-order valence-electron chi connectivity index (χ2n) is 6.82. The summed E-state index contributed by atoms with van der Waals surface area (Å²) >= 11 is 0. The molecule has 2 saturated heterocycles. The molecule has 1 aromatic rings. The van der Waals surface area contributed by atoms with E-state index >= 15 is 0 Å². The molecule has 1 atom stereocenters. The third-order valence-electron chi connectivity index (χ3n) is 4.86. The number of hydrogen-bond donors (Lipinski definition) is 1. The number of alkyl halides is 2. The molecule has 1 N–H and O–H groups in total. The van der Waals surface area contributed by atoms with Crippen molar-refractivity contribution >= 4 is 11.8 Å². The Morgan fingerprint density at radius 2 is 2.12 bits per heavy atom. The van der Waals surface area contributed by atoms with Gasteiger partial charge in [-0.05, 0) is 19.1 Å². The van der Waals surface area contributed by atoms with Crippen molar-refractivity contribution < 1.29 is 18.4 Å². The zero-order valence-electron chi connectivity index (χ0n) is 14.3. The van der Waals surface area contributed by atoms with Crippen LogP contribution in [-0.2, 0) is 4.79 Å². The average molecular weight is 352 g/mol. The predicted octanol–water partition coefficient (Wildman–Crippen LogP) is 1.06. The fourth-order valence-corrected chi connectivity index (χ4v) is 3.51. The van der Waals surface area contributed by atoms with Crippen LogP contribution >= 0.6 is 0 Å². The third-order valence-corrected chi connectivity index (χ3v) is 4.86. The van der Waals surface area contributed by atoms with Crippen LogP contribution in [0.1, 0.15) is 29.4 Å². The predicted molar refractivity (Wildman–Crippen MR) is 87.4 cm³/mol. The summed E-state index contributed by atoms with van der Waals surface area (Å²) < 4.78 is 27.6. The Hall–Kier alpha value is -2.09. The van der Waals surface area contributed by atoms with Crippen LogP contribution in [0.2, 0.25) is 0 Å². The lowest BCUT2D eigenvalue weighted by Crippen LogP contribution is -2.63. The number of carbonyl (C=O) groups is 2. The van der Waals surface area contributed by atoms with Crippen LogP contribution in [0.3, 0.4) is 0 Å². The molecule has 25 heavy (non-hydrogen) atoms. The molecule has 0 bridgehead atoms. The number of rotatable bonds is 4. The number of carbonyl (C=O) groups excluding carboxylic acids is 2. The molecule has 0 unspecified atom stereocenters. The van der Waals surface area contributed by atoms with Gasteiger partial charge >= 0.3 is 0 Å². The summed E-state index contributed by atoms with van der Waals surface area (Å²) in [7, 11) is 0. The van der Waals surface area contributed by atoms with Gasteiger partial charge in [0.15, 0.2) is 0 Å². The molecule has 3 heterocycles. The van der Waals surface area contributed by atoms with E-state index in [1.807, 2.05) is 0 Å². The van der Waals surface area contributed by atoms with Gasteiger partial charge in [-0.1, -0.05) is 0 Å². The first-order chi connectivity index (χ1) is 11.8. The van der Waals surface area contributed by atoms with Crippen molar-refractivity contribution in [2.75, 3.05) is 26.2 Å². The van der Waals surface area contributed by atoms with E-state index in [0.29, 0.717) is 24.3 Å². The standard InChI is InChI=1S/C17H22F2N4O2/c1-11-15(4-3-5-20-11)16(25)22-8-14(9-22)23-10-17(18,19)6-13(23)7-21-12(2)24/h3-5,13-14H,6-10H2,1-2H3,(H,21,24)/t13-/m0/s1. The van der Waals surface area contributed by atoms with Crippen LogP contribution in [0.4, 0.5) is 8.78 Å². The Morgan fingerprint density at radius 3 is 2.76 bits per heavy atom. The van der Waals surface area contributed by atoms with E-state index in [2.05, 4.69) is 10.3 Å². The number of aromatic nitrogens is 1. The first-order valence-corrected chi connectivity index (χ1v) is 8.36. The molecule has 2 fully saturated rings. The topological polar surface area (TPSA) is 65.5 Å². The summed E-state index contributed by atoms with van der Waals surface area (Å²) in [4.78, 5) is 31.1. The Morgan fingerprint density at radius 1 is 1.40 bits per heavy atom. The molecule has 2 aliphatic heterocycles. The zero-order chi connectivity index (χ0) is 18.2. The van der Waals surface area contributed by atoms with Crippen LogP contribution < -0.4 is 5.32 Å². The molecule has 6 nitrogen and oxygen atoms in total. The summed E-state index contributed by atoms with van der Waals surface area (Å²) in [5.41, 5.74) is 1.20. The van der Waals surface area contributed by atoms with Gasteiger partial charge < -0.3 is 10.2 Å². The normalized spacial score (nSPS) is 23.4. The van der Waals surface area contributed by atoms with Crippen LogP contribution in [-0.4, -0.2) is 70.8 Å². The second-order valence-corrected chi connectivity index (χ2v) is 6.82. The van der Waals surface area contributed by atoms with Crippen molar-refractivity contribution in [3.05, 3.63) is 29.6 Å². The van der Waals surface area contributed by atoms with Crippen LogP contribution in [0.15, 0.2) is 18.3 Å². The summed E-state index contributed by atoms with van der Waals surface area (Å²) in [6.07, 6.45) is 1.36. The van der Waals surface area contributed by atoms with Gasteiger partial charge in [-0.25, -0.2) is 8.78 Å². The minimum absolute atomic E-state index is 0.104. The minimum atomic E-state index is -2.76. The first kappa shape index (κ1) is 17.7. The smallest absolute Gasteiger partial charge is 0.262 e.